The average molecular weight is 657 g/mol. The van der Waals surface area contributed by atoms with E-state index in [1.54, 1.807) is 29.8 Å². The first kappa shape index (κ1) is 35.1. The van der Waals surface area contributed by atoms with Crippen LogP contribution in [-0.2, 0) is 30.9 Å². The number of carbonyl (C=O) groups is 1. The molecule has 2 aliphatic heterocycles. The summed E-state index contributed by atoms with van der Waals surface area (Å²) in [5.41, 5.74) is 5.66. The summed E-state index contributed by atoms with van der Waals surface area (Å²) in [6.45, 7) is 13.2. The summed E-state index contributed by atoms with van der Waals surface area (Å²) >= 11 is 6.64. The average Bonchev–Trinajstić information content (AvgIpc) is 3.75. The van der Waals surface area contributed by atoms with E-state index in [0.717, 1.165) is 30.0 Å². The number of nitrogens with zero attached hydrogens (tertiary/aromatic N) is 4. The number of esters is 1. The van der Waals surface area contributed by atoms with Crippen molar-refractivity contribution in [2.75, 3.05) is 11.5 Å². The van der Waals surface area contributed by atoms with Crippen molar-refractivity contribution in [2.24, 2.45) is 0 Å². The molecule has 0 saturated heterocycles. The quantitative estimate of drug-likeness (QED) is 0.209. The SMILES string of the molecule is CC.CCC.CCOC(=O)c1cn(-c2ccc(=O)[nH]c2)c2cc(N3Cc4cccnc4C3)c(Cl)cc2c1=O.c1cnc2c(c1)CNC2. The molecule has 0 unspecified atom stereocenters. The van der Waals surface area contributed by atoms with E-state index in [-0.39, 0.29) is 23.1 Å². The van der Waals surface area contributed by atoms with E-state index < -0.39 is 11.4 Å². The number of aromatic amines is 1. The Morgan fingerprint density at radius 3 is 2.28 bits per heavy atom. The minimum absolute atomic E-state index is 0.114. The number of hydrogen-bond acceptors (Lipinski definition) is 8. The zero-order valence-corrected chi connectivity index (χ0v) is 28.2. The van der Waals surface area contributed by atoms with Gasteiger partial charge < -0.3 is 24.5 Å². The maximum Gasteiger partial charge on any atom is 0.343 e. The van der Waals surface area contributed by atoms with E-state index in [9.17, 15) is 14.4 Å². The summed E-state index contributed by atoms with van der Waals surface area (Å²) in [5, 5.41) is 3.89. The highest BCUT2D eigenvalue weighted by atomic mass is 35.5. The van der Waals surface area contributed by atoms with Crippen molar-refractivity contribution in [2.45, 2.75) is 67.2 Å². The van der Waals surface area contributed by atoms with Crippen molar-refractivity contribution < 1.29 is 9.53 Å². The summed E-state index contributed by atoms with van der Waals surface area (Å²) in [5.74, 6) is -0.719. The summed E-state index contributed by atoms with van der Waals surface area (Å²) in [7, 11) is 0. The van der Waals surface area contributed by atoms with Gasteiger partial charge in [-0.2, -0.15) is 0 Å². The topological polar surface area (TPSA) is 122 Å². The van der Waals surface area contributed by atoms with Crippen LogP contribution in [0.3, 0.4) is 0 Å². The Labute approximate surface area is 279 Å². The highest BCUT2D eigenvalue weighted by Crippen LogP contribution is 2.35. The van der Waals surface area contributed by atoms with E-state index >= 15 is 0 Å². The van der Waals surface area contributed by atoms with Gasteiger partial charge in [0.05, 0.1) is 46.5 Å². The number of H-pyrrole nitrogens is 1. The fourth-order valence-corrected chi connectivity index (χ4v) is 5.46. The van der Waals surface area contributed by atoms with Crippen LogP contribution in [0.1, 0.15) is 73.9 Å². The van der Waals surface area contributed by atoms with Gasteiger partial charge in [0.1, 0.15) is 5.56 Å². The minimum Gasteiger partial charge on any atom is -0.462 e. The van der Waals surface area contributed by atoms with E-state index in [0.29, 0.717) is 29.3 Å². The molecule has 0 saturated carbocycles. The predicted molar refractivity (Wildman–Crippen MR) is 187 cm³/mol. The third kappa shape index (κ3) is 8.14. The number of rotatable bonds is 4. The van der Waals surface area contributed by atoms with Crippen LogP contribution in [0.5, 0.6) is 0 Å². The van der Waals surface area contributed by atoms with Gasteiger partial charge in [-0.3, -0.25) is 19.6 Å². The van der Waals surface area contributed by atoms with E-state index in [4.69, 9.17) is 16.3 Å². The first-order chi connectivity index (χ1) is 22.8. The molecule has 0 fully saturated rings. The molecule has 10 nitrogen and oxygen atoms in total. The van der Waals surface area contributed by atoms with Gasteiger partial charge >= 0.3 is 5.97 Å². The van der Waals surface area contributed by atoms with Gasteiger partial charge in [-0.1, -0.05) is 57.8 Å². The molecule has 5 aromatic rings. The normalized spacial score (nSPS) is 12.4. The van der Waals surface area contributed by atoms with E-state index in [1.807, 2.05) is 44.3 Å². The van der Waals surface area contributed by atoms with Crippen molar-refractivity contribution in [1.29, 1.82) is 0 Å². The summed E-state index contributed by atoms with van der Waals surface area (Å²) in [4.78, 5) is 50.6. The summed E-state index contributed by atoms with van der Waals surface area (Å²) in [6, 6.07) is 14.4. The Hall–Kier alpha value is -4.80. The lowest BCUT2D eigenvalue weighted by atomic mass is 10.1. The van der Waals surface area contributed by atoms with Crippen LogP contribution in [0.15, 0.2) is 82.9 Å². The molecular formula is C36H41ClN6O4. The molecule has 0 spiro atoms. The van der Waals surface area contributed by atoms with Crippen molar-refractivity contribution >= 4 is 34.2 Å². The number of nitrogens with one attached hydrogen (secondary N) is 2. The van der Waals surface area contributed by atoms with Crippen molar-refractivity contribution in [3.63, 3.8) is 0 Å². The third-order valence-electron chi connectivity index (χ3n) is 7.23. The Bertz CT molecular complexity index is 1890. The van der Waals surface area contributed by atoms with Crippen molar-refractivity contribution in [1.82, 2.24) is 24.8 Å². The van der Waals surface area contributed by atoms with Gasteiger partial charge in [-0.05, 0) is 48.4 Å². The van der Waals surface area contributed by atoms with Gasteiger partial charge in [-0.25, -0.2) is 4.79 Å². The molecule has 0 radical (unpaired) electrons. The van der Waals surface area contributed by atoms with Crippen LogP contribution in [0.4, 0.5) is 5.69 Å². The zero-order valence-electron chi connectivity index (χ0n) is 27.5. The fraction of sp³-hybridized carbons (Fsp3) is 0.306. The monoisotopic (exact) mass is 656 g/mol. The molecule has 0 bridgehead atoms. The second kappa shape index (κ2) is 16.7. The first-order valence-electron chi connectivity index (χ1n) is 15.9. The number of fused-ring (bicyclic) bond motifs is 3. The number of hydrogen-bond donors (Lipinski definition) is 2. The van der Waals surface area contributed by atoms with Gasteiger partial charge in [0.2, 0.25) is 11.0 Å². The lowest BCUT2D eigenvalue weighted by molar-refractivity contribution is 0.0524. The highest BCUT2D eigenvalue weighted by molar-refractivity contribution is 6.34. The maximum absolute atomic E-state index is 13.2. The van der Waals surface area contributed by atoms with Gasteiger partial charge in [0, 0.05) is 55.9 Å². The number of halogens is 1. The largest absolute Gasteiger partial charge is 0.462 e. The predicted octanol–water partition coefficient (Wildman–Crippen LogP) is 6.55. The second-order valence-electron chi connectivity index (χ2n) is 10.6. The first-order valence-corrected chi connectivity index (χ1v) is 16.3. The molecular weight excluding hydrogens is 616 g/mol. The lowest BCUT2D eigenvalue weighted by Gasteiger charge is -2.21. The lowest BCUT2D eigenvalue weighted by Crippen LogP contribution is -2.22. The number of anilines is 1. The molecule has 0 atom stereocenters. The fourth-order valence-electron chi connectivity index (χ4n) is 5.17. The molecule has 6 heterocycles. The second-order valence-corrected chi connectivity index (χ2v) is 11.0. The number of ether oxygens (including phenoxy) is 1. The van der Waals surface area contributed by atoms with Crippen LogP contribution in [0.2, 0.25) is 5.02 Å². The number of aromatic nitrogens is 4. The molecule has 1 aromatic carbocycles. The Morgan fingerprint density at radius 2 is 1.64 bits per heavy atom. The number of carbonyl (C=O) groups excluding carboxylic acids is 1. The Morgan fingerprint density at radius 1 is 0.936 bits per heavy atom. The smallest absolute Gasteiger partial charge is 0.343 e. The molecule has 2 aliphatic rings. The van der Waals surface area contributed by atoms with Crippen molar-refractivity contribution in [3.8, 4) is 5.69 Å². The molecule has 4 aromatic heterocycles. The van der Waals surface area contributed by atoms with Crippen LogP contribution in [0.25, 0.3) is 16.6 Å². The van der Waals surface area contributed by atoms with Crippen LogP contribution in [0, 0.1) is 0 Å². The molecule has 47 heavy (non-hydrogen) atoms. The zero-order chi connectivity index (χ0) is 33.9. The molecule has 7 rings (SSSR count). The van der Waals surface area contributed by atoms with Crippen LogP contribution in [-0.4, -0.2) is 32.1 Å². The standard InChI is InChI=1S/C24H19ClN4O4.C7H8N2.C3H8.C2H6/c1-2-33-24(32)17-12-29(15-5-6-22(30)27-10-15)20-9-21(18(25)8-16(20)23(17)31)28-11-14-4-3-7-26-19(14)13-28;1-2-6-4-8-5-7(6)9-3-1;1-3-2;1-2/h3-10,12H,2,11,13H2,1H3,(H,27,30);1-3,8H,4-5H2;3H2,1-2H3;1-2H3. The van der Waals surface area contributed by atoms with Crippen LogP contribution < -0.4 is 21.2 Å². The molecule has 0 amide bonds. The van der Waals surface area contributed by atoms with Crippen LogP contribution >= 0.6 is 11.6 Å². The number of pyridine rings is 4. The molecule has 2 N–H and O–H groups in total. The van der Waals surface area contributed by atoms with Gasteiger partial charge in [0.25, 0.3) is 0 Å². The van der Waals surface area contributed by atoms with Gasteiger partial charge in [0.15, 0.2) is 0 Å². The van der Waals surface area contributed by atoms with Crippen molar-refractivity contribution in [3.05, 3.63) is 127 Å². The Balaban J connectivity index is 0.000000297. The molecule has 11 heteroatoms. The van der Waals surface area contributed by atoms with Gasteiger partial charge in [-0.15, -0.1) is 0 Å². The Kier molecular flexibility index (Phi) is 12.4. The van der Waals surface area contributed by atoms with E-state index in [1.165, 1.54) is 36.1 Å². The highest BCUT2D eigenvalue weighted by Gasteiger charge is 2.24. The third-order valence-corrected chi connectivity index (χ3v) is 7.54. The summed E-state index contributed by atoms with van der Waals surface area (Å²) < 4.78 is 6.76. The maximum atomic E-state index is 13.2. The minimum atomic E-state index is -0.719. The molecule has 0 aliphatic carbocycles. The summed E-state index contributed by atoms with van der Waals surface area (Å²) in [6.07, 6.45) is 7.81. The molecule has 246 valence electrons. The van der Waals surface area contributed by atoms with E-state index in [2.05, 4.69) is 45.1 Å². The number of benzene rings is 1.